The van der Waals surface area contributed by atoms with E-state index in [2.05, 4.69) is 0 Å². The van der Waals surface area contributed by atoms with Crippen molar-refractivity contribution in [1.82, 2.24) is 4.31 Å². The average Bonchev–Trinajstić information content (AvgIpc) is 2.72. The van der Waals surface area contributed by atoms with Crippen molar-refractivity contribution < 1.29 is 31.1 Å². The maximum atomic E-state index is 13.0. The molecule has 0 radical (unpaired) electrons. The van der Waals surface area contributed by atoms with Crippen LogP contribution in [-0.2, 0) is 32.3 Å². The second-order valence-corrected chi connectivity index (χ2v) is 9.27. The first kappa shape index (κ1) is 22.6. The molecular formula is C20H19ClF3NO4S. The van der Waals surface area contributed by atoms with Crippen LogP contribution in [-0.4, -0.2) is 31.8 Å². The third-order valence-corrected chi connectivity index (χ3v) is 7.10. The van der Waals surface area contributed by atoms with Gasteiger partial charge in [-0.05, 0) is 43.2 Å². The number of benzene rings is 2. The molecule has 1 fully saturated rings. The maximum Gasteiger partial charge on any atom is 0.416 e. The Morgan fingerprint density at radius 1 is 1.07 bits per heavy atom. The molecule has 0 bridgehead atoms. The normalized spacial score (nSPS) is 16.4. The lowest BCUT2D eigenvalue weighted by molar-refractivity contribution is -0.153. The fourth-order valence-electron chi connectivity index (χ4n) is 3.28. The van der Waals surface area contributed by atoms with Crippen LogP contribution < -0.4 is 0 Å². The van der Waals surface area contributed by atoms with Crippen molar-refractivity contribution in [3.05, 3.63) is 64.7 Å². The lowest BCUT2D eigenvalue weighted by atomic mass is 9.98. The molecular weight excluding hydrogens is 443 g/mol. The Morgan fingerprint density at radius 2 is 1.67 bits per heavy atom. The summed E-state index contributed by atoms with van der Waals surface area (Å²) in [5.41, 5.74) is -0.970. The minimum absolute atomic E-state index is 0.108. The quantitative estimate of drug-likeness (QED) is 0.615. The van der Waals surface area contributed by atoms with Gasteiger partial charge in [0.2, 0.25) is 10.0 Å². The Morgan fingerprint density at radius 3 is 2.27 bits per heavy atom. The molecule has 10 heteroatoms. The minimum atomic E-state index is -4.54. The second kappa shape index (κ2) is 8.95. The molecule has 2 aromatic carbocycles. The molecule has 0 amide bonds. The zero-order valence-corrected chi connectivity index (χ0v) is 17.3. The molecule has 162 valence electrons. The monoisotopic (exact) mass is 461 g/mol. The third kappa shape index (κ3) is 5.14. The van der Waals surface area contributed by atoms with Gasteiger partial charge in [0.25, 0.3) is 0 Å². The summed E-state index contributed by atoms with van der Waals surface area (Å²) in [5, 5.41) is 0.419. The van der Waals surface area contributed by atoms with E-state index in [-0.39, 0.29) is 36.4 Å². The highest BCUT2D eigenvalue weighted by molar-refractivity contribution is 7.89. The number of ether oxygens (including phenoxy) is 1. The van der Waals surface area contributed by atoms with Crippen LogP contribution >= 0.6 is 11.6 Å². The summed E-state index contributed by atoms with van der Waals surface area (Å²) in [7, 11) is -3.71. The topological polar surface area (TPSA) is 63.7 Å². The molecule has 0 saturated carbocycles. The van der Waals surface area contributed by atoms with Crippen molar-refractivity contribution >= 4 is 27.6 Å². The van der Waals surface area contributed by atoms with Crippen LogP contribution in [0.25, 0.3) is 0 Å². The summed E-state index contributed by atoms with van der Waals surface area (Å²) in [6.07, 6.45) is -4.08. The summed E-state index contributed by atoms with van der Waals surface area (Å²) in [6, 6.07) is 10.7. The van der Waals surface area contributed by atoms with Gasteiger partial charge in [-0.1, -0.05) is 29.8 Å². The summed E-state index contributed by atoms with van der Waals surface area (Å²) < 4.78 is 70.8. The Labute approximate surface area is 177 Å². The van der Waals surface area contributed by atoms with Gasteiger partial charge in [-0.25, -0.2) is 8.42 Å². The maximum absolute atomic E-state index is 13.0. The SMILES string of the molecule is O=C(OCc1ccccc1C(F)(F)F)C1CCN(S(=O)(=O)c2ccc(Cl)cc2)CC1. The van der Waals surface area contributed by atoms with Crippen molar-refractivity contribution in [2.75, 3.05) is 13.1 Å². The number of carbonyl (C=O) groups excluding carboxylic acids is 1. The summed E-state index contributed by atoms with van der Waals surface area (Å²) in [6.45, 7) is -0.258. The van der Waals surface area contributed by atoms with E-state index in [4.69, 9.17) is 16.3 Å². The summed E-state index contributed by atoms with van der Waals surface area (Å²) in [5.74, 6) is -1.20. The molecule has 2 aromatic rings. The van der Waals surface area contributed by atoms with Crippen molar-refractivity contribution in [1.29, 1.82) is 0 Å². The molecule has 0 atom stereocenters. The number of sulfonamides is 1. The van der Waals surface area contributed by atoms with Crippen LogP contribution in [0, 0.1) is 5.92 Å². The molecule has 0 unspecified atom stereocenters. The largest absolute Gasteiger partial charge is 0.461 e. The van der Waals surface area contributed by atoms with E-state index in [9.17, 15) is 26.4 Å². The molecule has 1 aliphatic rings. The predicted molar refractivity (Wildman–Crippen MR) is 104 cm³/mol. The number of rotatable bonds is 5. The number of carbonyl (C=O) groups is 1. The Hall–Kier alpha value is -2.10. The number of alkyl halides is 3. The first-order valence-corrected chi connectivity index (χ1v) is 11.0. The van der Waals surface area contributed by atoms with Gasteiger partial charge >= 0.3 is 12.1 Å². The number of halogens is 4. The lowest BCUT2D eigenvalue weighted by Gasteiger charge is -2.30. The fourth-order valence-corrected chi connectivity index (χ4v) is 4.87. The van der Waals surface area contributed by atoms with Gasteiger partial charge in [0.05, 0.1) is 16.4 Å². The molecule has 0 spiro atoms. The van der Waals surface area contributed by atoms with Crippen LogP contribution in [0.15, 0.2) is 53.4 Å². The second-order valence-electron chi connectivity index (χ2n) is 6.89. The number of nitrogens with zero attached hydrogens (tertiary/aromatic N) is 1. The average molecular weight is 462 g/mol. The molecule has 1 saturated heterocycles. The highest BCUT2D eigenvalue weighted by Gasteiger charge is 2.35. The number of hydrogen-bond donors (Lipinski definition) is 0. The zero-order valence-electron chi connectivity index (χ0n) is 15.7. The molecule has 3 rings (SSSR count). The van der Waals surface area contributed by atoms with E-state index in [1.54, 1.807) is 0 Å². The molecule has 5 nitrogen and oxygen atoms in total. The molecule has 30 heavy (non-hydrogen) atoms. The minimum Gasteiger partial charge on any atom is -0.461 e. The lowest BCUT2D eigenvalue weighted by Crippen LogP contribution is -2.40. The smallest absolute Gasteiger partial charge is 0.416 e. The van der Waals surface area contributed by atoms with Crippen LogP contribution in [0.3, 0.4) is 0 Å². The molecule has 0 aliphatic carbocycles. The summed E-state index contributed by atoms with van der Waals surface area (Å²) >= 11 is 5.79. The molecule has 1 aliphatic heterocycles. The van der Waals surface area contributed by atoms with Crippen molar-refractivity contribution in [2.45, 2.75) is 30.5 Å². The van der Waals surface area contributed by atoms with Crippen LogP contribution in [0.5, 0.6) is 0 Å². The van der Waals surface area contributed by atoms with E-state index in [0.717, 1.165) is 6.07 Å². The van der Waals surface area contributed by atoms with E-state index < -0.39 is 40.3 Å². The van der Waals surface area contributed by atoms with Crippen molar-refractivity contribution in [2.24, 2.45) is 5.92 Å². The van der Waals surface area contributed by atoms with Gasteiger partial charge in [-0.15, -0.1) is 0 Å². The Bertz CT molecular complexity index is 1000. The first-order valence-electron chi connectivity index (χ1n) is 9.16. The van der Waals surface area contributed by atoms with E-state index in [0.29, 0.717) is 5.02 Å². The van der Waals surface area contributed by atoms with Gasteiger partial charge < -0.3 is 4.74 Å². The Kier molecular flexibility index (Phi) is 6.74. The Balaban J connectivity index is 1.58. The third-order valence-electron chi connectivity index (χ3n) is 4.93. The van der Waals surface area contributed by atoms with Gasteiger partial charge in [-0.2, -0.15) is 17.5 Å². The first-order chi connectivity index (χ1) is 14.1. The van der Waals surface area contributed by atoms with E-state index >= 15 is 0 Å². The van der Waals surface area contributed by atoms with Gasteiger partial charge in [0.1, 0.15) is 6.61 Å². The number of esters is 1. The van der Waals surface area contributed by atoms with Gasteiger partial charge in [0.15, 0.2) is 0 Å². The van der Waals surface area contributed by atoms with Crippen LogP contribution in [0.1, 0.15) is 24.0 Å². The van der Waals surface area contributed by atoms with Crippen molar-refractivity contribution in [3.63, 3.8) is 0 Å². The molecule has 0 aromatic heterocycles. The molecule has 1 heterocycles. The zero-order chi connectivity index (χ0) is 21.9. The highest BCUT2D eigenvalue weighted by atomic mass is 35.5. The van der Waals surface area contributed by atoms with Crippen LogP contribution in [0.4, 0.5) is 13.2 Å². The van der Waals surface area contributed by atoms with Crippen molar-refractivity contribution in [3.8, 4) is 0 Å². The van der Waals surface area contributed by atoms with E-state index in [1.165, 1.54) is 46.8 Å². The van der Waals surface area contributed by atoms with Crippen LogP contribution in [0.2, 0.25) is 5.02 Å². The van der Waals surface area contributed by atoms with E-state index in [1.807, 2.05) is 0 Å². The predicted octanol–water partition coefficient (Wildman–Crippen LogP) is 4.50. The molecule has 0 N–H and O–H groups in total. The fraction of sp³-hybridized carbons (Fsp3) is 0.350. The number of hydrogen-bond acceptors (Lipinski definition) is 4. The van der Waals surface area contributed by atoms with Gasteiger partial charge in [-0.3, -0.25) is 4.79 Å². The summed E-state index contributed by atoms with van der Waals surface area (Å²) in [4.78, 5) is 12.4. The number of piperidine rings is 1. The van der Waals surface area contributed by atoms with Gasteiger partial charge in [0, 0.05) is 23.7 Å². The standard InChI is InChI=1S/C20H19ClF3NO4S/c21-16-5-7-17(8-6-16)30(27,28)25-11-9-14(10-12-25)19(26)29-13-15-3-1-2-4-18(15)20(22,23)24/h1-8,14H,9-13H2. The highest BCUT2D eigenvalue weighted by Crippen LogP contribution is 2.32.